The first-order valence-electron chi connectivity index (χ1n) is 9.37. The van der Waals surface area contributed by atoms with Gasteiger partial charge in [-0.05, 0) is 38.0 Å². The summed E-state index contributed by atoms with van der Waals surface area (Å²) in [6.07, 6.45) is 0.698. The van der Waals surface area contributed by atoms with Gasteiger partial charge in [-0.1, -0.05) is 12.1 Å². The Morgan fingerprint density at radius 1 is 1.27 bits per heavy atom. The third-order valence-electron chi connectivity index (χ3n) is 5.15. The lowest BCUT2D eigenvalue weighted by Gasteiger charge is -2.30. The van der Waals surface area contributed by atoms with Gasteiger partial charge in [0.15, 0.2) is 11.2 Å². The van der Waals surface area contributed by atoms with Crippen molar-refractivity contribution in [2.75, 3.05) is 11.9 Å². The van der Waals surface area contributed by atoms with Crippen molar-refractivity contribution in [2.45, 2.75) is 32.9 Å². The van der Waals surface area contributed by atoms with Gasteiger partial charge in [-0.15, -0.1) is 23.7 Å². The summed E-state index contributed by atoms with van der Waals surface area (Å²) in [6, 6.07) is 8.28. The molecule has 2 aromatic heterocycles. The zero-order chi connectivity index (χ0) is 20.7. The predicted molar refractivity (Wildman–Crippen MR) is 120 cm³/mol. The first-order chi connectivity index (χ1) is 13.8. The standard InChI is InChI=1S/C21H21N3O4S.ClH/c1-11(2)24-8-7-13-17(10-24)29-21(18(13)19(22)26)23-20(27)16-9-14(25)12-5-3-4-6-15(12)28-16;/h3-6,9,11H,7-8,10H2,1-2H3,(H2,22,26)(H,23,27);1H. The normalized spacial score (nSPS) is 13.7. The molecule has 0 bridgehead atoms. The van der Waals surface area contributed by atoms with Crippen molar-refractivity contribution in [3.8, 4) is 0 Å². The van der Waals surface area contributed by atoms with Crippen LogP contribution in [0.25, 0.3) is 11.0 Å². The van der Waals surface area contributed by atoms with E-state index in [2.05, 4.69) is 24.1 Å². The molecule has 158 valence electrons. The molecule has 0 radical (unpaired) electrons. The molecule has 0 saturated heterocycles. The quantitative estimate of drug-likeness (QED) is 0.637. The van der Waals surface area contributed by atoms with E-state index in [0.717, 1.165) is 23.1 Å². The number of nitrogens with one attached hydrogen (secondary N) is 1. The molecule has 9 heteroatoms. The highest BCUT2D eigenvalue weighted by atomic mass is 35.5. The Balaban J connectivity index is 0.00000256. The summed E-state index contributed by atoms with van der Waals surface area (Å²) < 4.78 is 5.60. The van der Waals surface area contributed by atoms with Crippen molar-refractivity contribution >= 4 is 51.5 Å². The van der Waals surface area contributed by atoms with Gasteiger partial charge in [-0.3, -0.25) is 19.3 Å². The number of benzene rings is 1. The number of nitrogens with two attached hydrogens (primary N) is 1. The van der Waals surface area contributed by atoms with Crippen LogP contribution in [-0.2, 0) is 13.0 Å². The number of hydrogen-bond acceptors (Lipinski definition) is 6. The number of halogens is 1. The van der Waals surface area contributed by atoms with Gasteiger partial charge >= 0.3 is 0 Å². The summed E-state index contributed by atoms with van der Waals surface area (Å²) >= 11 is 1.35. The van der Waals surface area contributed by atoms with Crippen molar-refractivity contribution in [2.24, 2.45) is 5.73 Å². The van der Waals surface area contributed by atoms with E-state index in [1.54, 1.807) is 24.3 Å². The van der Waals surface area contributed by atoms with Crippen LogP contribution in [0.15, 0.2) is 39.5 Å². The van der Waals surface area contributed by atoms with Crippen LogP contribution in [0.3, 0.4) is 0 Å². The van der Waals surface area contributed by atoms with Gasteiger partial charge in [0.2, 0.25) is 0 Å². The fourth-order valence-corrected chi connectivity index (χ4v) is 4.87. The number of para-hydroxylation sites is 1. The van der Waals surface area contributed by atoms with Crippen molar-refractivity contribution in [1.82, 2.24) is 4.90 Å². The summed E-state index contributed by atoms with van der Waals surface area (Å²) in [4.78, 5) is 40.5. The first-order valence-corrected chi connectivity index (χ1v) is 10.2. The van der Waals surface area contributed by atoms with E-state index >= 15 is 0 Å². The Hall–Kier alpha value is -2.68. The molecule has 30 heavy (non-hydrogen) atoms. The molecule has 0 unspecified atom stereocenters. The fourth-order valence-electron chi connectivity index (χ4n) is 3.59. The van der Waals surface area contributed by atoms with Gasteiger partial charge in [-0.25, -0.2) is 0 Å². The van der Waals surface area contributed by atoms with Gasteiger partial charge in [-0.2, -0.15) is 0 Å². The number of amides is 2. The van der Waals surface area contributed by atoms with E-state index in [-0.39, 0.29) is 23.6 Å². The van der Waals surface area contributed by atoms with Crippen LogP contribution < -0.4 is 16.5 Å². The predicted octanol–water partition coefficient (Wildman–Crippen LogP) is 3.39. The lowest BCUT2D eigenvalue weighted by Crippen LogP contribution is -2.35. The molecule has 3 heterocycles. The highest BCUT2D eigenvalue weighted by molar-refractivity contribution is 7.17. The highest BCUT2D eigenvalue weighted by Crippen LogP contribution is 2.37. The number of carbonyl (C=O) groups excluding carboxylic acids is 2. The molecule has 0 atom stereocenters. The van der Waals surface area contributed by atoms with Gasteiger partial charge in [0.25, 0.3) is 11.8 Å². The van der Waals surface area contributed by atoms with E-state index in [0.29, 0.717) is 40.5 Å². The monoisotopic (exact) mass is 447 g/mol. The summed E-state index contributed by atoms with van der Waals surface area (Å²) in [5, 5.41) is 3.53. The van der Waals surface area contributed by atoms with Gasteiger partial charge < -0.3 is 15.5 Å². The van der Waals surface area contributed by atoms with E-state index in [4.69, 9.17) is 10.2 Å². The lowest BCUT2D eigenvalue weighted by atomic mass is 10.0. The lowest BCUT2D eigenvalue weighted by molar-refractivity contribution is 0.0997. The van der Waals surface area contributed by atoms with Gasteiger partial charge in [0.05, 0.1) is 10.9 Å². The molecule has 3 N–H and O–H groups in total. The van der Waals surface area contributed by atoms with Crippen LogP contribution in [0.2, 0.25) is 0 Å². The number of nitrogens with zero attached hydrogens (tertiary/aromatic N) is 1. The molecule has 0 aliphatic carbocycles. The van der Waals surface area contributed by atoms with E-state index in [1.807, 2.05) is 0 Å². The van der Waals surface area contributed by atoms with Crippen LogP contribution in [0.1, 0.15) is 45.2 Å². The number of carbonyl (C=O) groups is 2. The minimum Gasteiger partial charge on any atom is -0.451 e. The molecule has 2 amide bonds. The largest absolute Gasteiger partial charge is 0.451 e. The minimum absolute atomic E-state index is 0. The molecule has 1 aliphatic heterocycles. The topological polar surface area (TPSA) is 106 Å². The van der Waals surface area contributed by atoms with Crippen LogP contribution in [0.4, 0.5) is 5.00 Å². The molecular formula is C21H22ClN3O4S. The molecule has 0 saturated carbocycles. The number of fused-ring (bicyclic) bond motifs is 2. The Kier molecular flexibility index (Phi) is 6.30. The maximum atomic E-state index is 12.8. The second-order valence-electron chi connectivity index (χ2n) is 7.31. The highest BCUT2D eigenvalue weighted by Gasteiger charge is 2.29. The average molecular weight is 448 g/mol. The van der Waals surface area contributed by atoms with Crippen LogP contribution in [0.5, 0.6) is 0 Å². The molecule has 0 spiro atoms. The van der Waals surface area contributed by atoms with Crippen LogP contribution in [0, 0.1) is 0 Å². The van der Waals surface area contributed by atoms with Gasteiger partial charge in [0, 0.05) is 30.1 Å². The number of anilines is 1. The van der Waals surface area contributed by atoms with Gasteiger partial charge in [0.1, 0.15) is 10.6 Å². The number of thiophene rings is 1. The Morgan fingerprint density at radius 3 is 2.70 bits per heavy atom. The maximum Gasteiger partial charge on any atom is 0.292 e. The molecule has 1 aliphatic rings. The number of rotatable bonds is 4. The molecule has 4 rings (SSSR count). The molecule has 0 fully saturated rings. The maximum absolute atomic E-state index is 12.8. The van der Waals surface area contributed by atoms with Crippen LogP contribution in [-0.4, -0.2) is 29.3 Å². The first kappa shape index (κ1) is 22.0. The molecular weight excluding hydrogens is 426 g/mol. The summed E-state index contributed by atoms with van der Waals surface area (Å²) in [7, 11) is 0. The second kappa shape index (κ2) is 8.59. The number of hydrogen-bond donors (Lipinski definition) is 2. The minimum atomic E-state index is -0.588. The Morgan fingerprint density at radius 2 is 2.00 bits per heavy atom. The summed E-state index contributed by atoms with van der Waals surface area (Å²) in [6.45, 7) is 5.78. The molecule has 1 aromatic carbocycles. The molecule has 7 nitrogen and oxygen atoms in total. The summed E-state index contributed by atoms with van der Waals surface area (Å²) in [5.41, 5.74) is 6.90. The van der Waals surface area contributed by atoms with E-state index in [9.17, 15) is 14.4 Å². The van der Waals surface area contributed by atoms with Crippen molar-refractivity contribution in [3.63, 3.8) is 0 Å². The van der Waals surface area contributed by atoms with E-state index < -0.39 is 11.8 Å². The zero-order valence-electron chi connectivity index (χ0n) is 16.6. The Bertz CT molecular complexity index is 1180. The third-order valence-corrected chi connectivity index (χ3v) is 6.28. The smallest absolute Gasteiger partial charge is 0.292 e. The number of primary amides is 1. The summed E-state index contributed by atoms with van der Waals surface area (Å²) in [5.74, 6) is -1.27. The van der Waals surface area contributed by atoms with Crippen molar-refractivity contribution in [3.05, 3.63) is 62.3 Å². The van der Waals surface area contributed by atoms with E-state index in [1.165, 1.54) is 11.3 Å². The van der Waals surface area contributed by atoms with Crippen molar-refractivity contribution in [1.29, 1.82) is 0 Å². The third kappa shape index (κ3) is 3.98. The second-order valence-corrected chi connectivity index (χ2v) is 8.42. The SMILES string of the molecule is CC(C)N1CCc2c(sc(NC(=O)c3cc(=O)c4ccccc4o3)c2C(N)=O)C1.Cl. The fraction of sp³-hybridized carbons (Fsp3) is 0.286. The van der Waals surface area contributed by atoms with Crippen molar-refractivity contribution < 1.29 is 14.0 Å². The Labute approximate surface area is 183 Å². The van der Waals surface area contributed by atoms with Crippen LogP contribution >= 0.6 is 23.7 Å². The zero-order valence-corrected chi connectivity index (χ0v) is 18.2. The average Bonchev–Trinajstić information content (AvgIpc) is 3.04. The molecule has 3 aromatic rings.